The van der Waals surface area contributed by atoms with Crippen LogP contribution in [0.3, 0.4) is 0 Å². The summed E-state index contributed by atoms with van der Waals surface area (Å²) in [4.78, 5) is 10.5. The summed E-state index contributed by atoms with van der Waals surface area (Å²) in [7, 11) is 0. The first-order chi connectivity index (χ1) is 6.12. The Kier molecular flexibility index (Phi) is 1.61. The second-order valence-corrected chi connectivity index (χ2v) is 3.26. The first-order valence-corrected chi connectivity index (χ1v) is 4.00. The third-order valence-electron chi connectivity index (χ3n) is 2.21. The quantitative estimate of drug-likeness (QED) is 0.581. The van der Waals surface area contributed by atoms with Crippen LogP contribution >= 0.6 is 0 Å². The number of nitrogens with one attached hydrogen (secondary N) is 2. The van der Waals surface area contributed by atoms with Crippen molar-refractivity contribution >= 4 is 5.97 Å². The summed E-state index contributed by atoms with van der Waals surface area (Å²) in [6.45, 7) is 1.99. The molecule has 0 bridgehead atoms. The highest BCUT2D eigenvalue weighted by molar-refractivity contribution is 5.87. The van der Waals surface area contributed by atoms with E-state index in [9.17, 15) is 4.79 Å². The van der Waals surface area contributed by atoms with Crippen LogP contribution in [0.5, 0.6) is 0 Å². The predicted octanol–water partition coefficient (Wildman–Crippen LogP) is 0.665. The number of carbonyl (C=O) groups is 1. The Labute approximate surface area is 75.5 Å². The molecule has 0 radical (unpaired) electrons. The number of hydrazine groups is 1. The van der Waals surface area contributed by atoms with Gasteiger partial charge in [-0.15, -0.1) is 0 Å². The molecule has 0 amide bonds. The van der Waals surface area contributed by atoms with E-state index in [0.29, 0.717) is 5.56 Å². The zero-order chi connectivity index (χ0) is 9.47. The van der Waals surface area contributed by atoms with Crippen LogP contribution in [0, 0.1) is 0 Å². The molecule has 1 saturated heterocycles. The number of aromatic carboxylic acids is 1. The zero-order valence-electron chi connectivity index (χ0n) is 7.16. The highest BCUT2D eigenvalue weighted by Crippen LogP contribution is 2.24. The Hall–Kier alpha value is -1.39. The zero-order valence-corrected chi connectivity index (χ0v) is 7.16. The molecule has 0 spiro atoms. The van der Waals surface area contributed by atoms with Crippen LogP contribution in [-0.4, -0.2) is 11.1 Å². The SMILES string of the molecule is CC1(c2ccc(C(=O)O)cc2)NN1. The Bertz CT molecular complexity index is 341. The normalized spacial score (nSPS) is 18.2. The van der Waals surface area contributed by atoms with Gasteiger partial charge in [-0.2, -0.15) is 0 Å². The molecule has 1 aliphatic rings. The topological polar surface area (TPSA) is 81.2 Å². The fraction of sp³-hybridized carbons (Fsp3) is 0.222. The number of hydrogen-bond donors (Lipinski definition) is 3. The smallest absolute Gasteiger partial charge is 0.335 e. The molecule has 0 aliphatic carbocycles. The summed E-state index contributed by atoms with van der Waals surface area (Å²) in [5.74, 6) is -0.895. The van der Waals surface area contributed by atoms with E-state index >= 15 is 0 Å². The molecular weight excluding hydrogens is 168 g/mol. The summed E-state index contributed by atoms with van der Waals surface area (Å²) >= 11 is 0. The average molecular weight is 178 g/mol. The lowest BCUT2D eigenvalue weighted by Gasteiger charge is -2.04. The van der Waals surface area contributed by atoms with Crippen LogP contribution in [0.2, 0.25) is 0 Å². The number of hydrogen-bond acceptors (Lipinski definition) is 3. The van der Waals surface area contributed by atoms with Crippen molar-refractivity contribution in [2.45, 2.75) is 12.6 Å². The van der Waals surface area contributed by atoms with Crippen molar-refractivity contribution in [3.8, 4) is 0 Å². The van der Waals surface area contributed by atoms with Gasteiger partial charge >= 0.3 is 5.97 Å². The molecule has 4 nitrogen and oxygen atoms in total. The van der Waals surface area contributed by atoms with Crippen LogP contribution in [-0.2, 0) is 5.66 Å². The van der Waals surface area contributed by atoms with Gasteiger partial charge in [0.2, 0.25) is 0 Å². The molecule has 0 atom stereocenters. The molecule has 0 aromatic heterocycles. The lowest BCUT2D eigenvalue weighted by atomic mass is 10.0. The summed E-state index contributed by atoms with van der Waals surface area (Å²) < 4.78 is 0. The van der Waals surface area contributed by atoms with Gasteiger partial charge in [0.1, 0.15) is 5.66 Å². The van der Waals surface area contributed by atoms with Gasteiger partial charge in [-0.1, -0.05) is 12.1 Å². The third kappa shape index (κ3) is 1.41. The summed E-state index contributed by atoms with van der Waals surface area (Å²) in [6, 6.07) is 6.81. The monoisotopic (exact) mass is 178 g/mol. The molecule has 0 unspecified atom stereocenters. The second kappa shape index (κ2) is 2.55. The minimum Gasteiger partial charge on any atom is -0.478 e. The maximum Gasteiger partial charge on any atom is 0.335 e. The molecule has 1 aliphatic heterocycles. The van der Waals surface area contributed by atoms with Gasteiger partial charge in [0.05, 0.1) is 5.56 Å². The van der Waals surface area contributed by atoms with Crippen molar-refractivity contribution < 1.29 is 9.90 Å². The Balaban J connectivity index is 2.28. The van der Waals surface area contributed by atoms with Gasteiger partial charge in [0, 0.05) is 0 Å². The highest BCUT2D eigenvalue weighted by atomic mass is 16.4. The van der Waals surface area contributed by atoms with Crippen LogP contribution < -0.4 is 10.9 Å². The molecule has 2 rings (SSSR count). The predicted molar refractivity (Wildman–Crippen MR) is 47.0 cm³/mol. The molecule has 1 aromatic rings. The lowest BCUT2D eigenvalue weighted by Crippen LogP contribution is -2.09. The fourth-order valence-electron chi connectivity index (χ4n) is 1.18. The van der Waals surface area contributed by atoms with E-state index in [1.807, 2.05) is 6.92 Å². The molecule has 1 aromatic carbocycles. The molecule has 4 heteroatoms. The largest absolute Gasteiger partial charge is 0.478 e. The van der Waals surface area contributed by atoms with Crippen LogP contribution in [0.4, 0.5) is 0 Å². The summed E-state index contributed by atoms with van der Waals surface area (Å²) in [5.41, 5.74) is 7.14. The van der Waals surface area contributed by atoms with Crippen LogP contribution in [0.25, 0.3) is 0 Å². The average Bonchev–Trinajstić information content (AvgIpc) is 2.85. The van der Waals surface area contributed by atoms with E-state index in [2.05, 4.69) is 10.9 Å². The van der Waals surface area contributed by atoms with Crippen molar-refractivity contribution in [1.29, 1.82) is 0 Å². The molecule has 0 saturated carbocycles. The lowest BCUT2D eigenvalue weighted by molar-refractivity contribution is 0.0697. The highest BCUT2D eigenvalue weighted by Gasteiger charge is 2.37. The van der Waals surface area contributed by atoms with Gasteiger partial charge in [0.25, 0.3) is 0 Å². The van der Waals surface area contributed by atoms with Crippen molar-refractivity contribution in [3.05, 3.63) is 35.4 Å². The molecule has 1 fully saturated rings. The van der Waals surface area contributed by atoms with E-state index in [-0.39, 0.29) is 5.66 Å². The van der Waals surface area contributed by atoms with Crippen molar-refractivity contribution in [2.75, 3.05) is 0 Å². The standard InChI is InChI=1S/C9H10N2O2/c1-9(10-11-9)7-4-2-6(3-5-7)8(12)13/h2-5,10-11H,1H3,(H,12,13). The van der Waals surface area contributed by atoms with Gasteiger partial charge in [-0.05, 0) is 24.6 Å². The second-order valence-electron chi connectivity index (χ2n) is 3.26. The number of rotatable bonds is 2. The number of benzene rings is 1. The van der Waals surface area contributed by atoms with Gasteiger partial charge < -0.3 is 5.11 Å². The maximum atomic E-state index is 10.5. The van der Waals surface area contributed by atoms with Crippen LogP contribution in [0.1, 0.15) is 22.8 Å². The van der Waals surface area contributed by atoms with E-state index < -0.39 is 5.97 Å². The minimum atomic E-state index is -0.895. The van der Waals surface area contributed by atoms with Gasteiger partial charge in [0.15, 0.2) is 0 Å². The van der Waals surface area contributed by atoms with E-state index in [1.165, 1.54) is 0 Å². The Morgan fingerprint density at radius 1 is 1.31 bits per heavy atom. The minimum absolute atomic E-state index is 0.170. The van der Waals surface area contributed by atoms with E-state index in [4.69, 9.17) is 5.11 Å². The Morgan fingerprint density at radius 3 is 2.23 bits per heavy atom. The van der Waals surface area contributed by atoms with E-state index in [1.54, 1.807) is 24.3 Å². The first kappa shape index (κ1) is 8.22. The van der Waals surface area contributed by atoms with Crippen molar-refractivity contribution in [3.63, 3.8) is 0 Å². The Morgan fingerprint density at radius 2 is 1.85 bits per heavy atom. The molecular formula is C9H10N2O2. The van der Waals surface area contributed by atoms with Crippen molar-refractivity contribution in [1.82, 2.24) is 10.9 Å². The first-order valence-electron chi connectivity index (χ1n) is 4.00. The summed E-state index contributed by atoms with van der Waals surface area (Å²) in [5, 5.41) is 8.66. The van der Waals surface area contributed by atoms with Crippen molar-refractivity contribution in [2.24, 2.45) is 0 Å². The maximum absolute atomic E-state index is 10.5. The van der Waals surface area contributed by atoms with Crippen LogP contribution in [0.15, 0.2) is 24.3 Å². The van der Waals surface area contributed by atoms with Gasteiger partial charge in [-0.3, -0.25) is 0 Å². The fourth-order valence-corrected chi connectivity index (χ4v) is 1.18. The van der Waals surface area contributed by atoms with E-state index in [0.717, 1.165) is 5.56 Å². The molecule has 13 heavy (non-hydrogen) atoms. The molecule has 68 valence electrons. The summed E-state index contributed by atoms with van der Waals surface area (Å²) in [6.07, 6.45) is 0. The molecule has 1 heterocycles. The number of carboxylic acid groups (broad SMARTS) is 1. The number of carboxylic acids is 1. The molecule has 3 N–H and O–H groups in total. The third-order valence-corrected chi connectivity index (χ3v) is 2.21. The van der Waals surface area contributed by atoms with Gasteiger partial charge in [-0.25, -0.2) is 15.6 Å².